The number of sulfonamides is 1. The van der Waals surface area contributed by atoms with Crippen molar-refractivity contribution in [3.8, 4) is 0 Å². The lowest BCUT2D eigenvalue weighted by atomic mass is 10.1. The Balaban J connectivity index is 1.77. The predicted octanol–water partition coefficient (Wildman–Crippen LogP) is 2.02. The van der Waals surface area contributed by atoms with Gasteiger partial charge in [0.1, 0.15) is 0 Å². The Kier molecular flexibility index (Phi) is 4.82. The van der Waals surface area contributed by atoms with Gasteiger partial charge in [-0.1, -0.05) is 0 Å². The number of piperidine rings is 1. The molecule has 0 atom stereocenters. The fraction of sp³-hybridized carbons (Fsp3) is 0.636. The number of hydrogen-bond donors (Lipinski definition) is 1. The highest BCUT2D eigenvalue weighted by Gasteiger charge is 2.24. The van der Waals surface area contributed by atoms with Gasteiger partial charge in [0.05, 0.1) is 6.26 Å². The molecule has 1 aromatic rings. The first-order valence-electron chi connectivity index (χ1n) is 5.86. The maximum absolute atomic E-state index is 11.4. The van der Waals surface area contributed by atoms with E-state index in [9.17, 15) is 8.42 Å². The first-order valence-corrected chi connectivity index (χ1v) is 9.38. The second kappa shape index (κ2) is 6.00. The van der Waals surface area contributed by atoms with E-state index in [0.29, 0.717) is 19.1 Å². The maximum Gasteiger partial charge on any atom is 0.211 e. The minimum Gasteiger partial charge on any atom is -0.309 e. The third-order valence-corrected chi connectivity index (χ3v) is 6.11. The van der Waals surface area contributed by atoms with Crippen molar-refractivity contribution < 1.29 is 8.42 Å². The molecule has 2 rings (SSSR count). The smallest absolute Gasteiger partial charge is 0.211 e. The molecule has 0 aliphatic carbocycles. The van der Waals surface area contributed by atoms with Crippen LogP contribution in [0.1, 0.15) is 17.7 Å². The summed E-state index contributed by atoms with van der Waals surface area (Å²) < 4.78 is 25.4. The summed E-state index contributed by atoms with van der Waals surface area (Å²) in [6.45, 7) is 2.12. The van der Waals surface area contributed by atoms with Crippen LogP contribution in [-0.2, 0) is 16.6 Å². The van der Waals surface area contributed by atoms with Crippen LogP contribution < -0.4 is 5.32 Å². The van der Waals surface area contributed by atoms with Gasteiger partial charge in [0.2, 0.25) is 10.0 Å². The van der Waals surface area contributed by atoms with E-state index < -0.39 is 10.0 Å². The van der Waals surface area contributed by atoms with Crippen LogP contribution in [-0.4, -0.2) is 38.1 Å². The molecule has 1 aliphatic rings. The quantitative estimate of drug-likeness (QED) is 0.901. The van der Waals surface area contributed by atoms with Crippen LogP contribution in [0.3, 0.4) is 0 Å². The summed E-state index contributed by atoms with van der Waals surface area (Å²) in [5, 5.41) is 5.56. The zero-order valence-electron chi connectivity index (χ0n) is 10.2. The molecule has 1 N–H and O–H groups in total. The maximum atomic E-state index is 11.4. The first-order chi connectivity index (χ1) is 8.45. The average molecular weight is 353 g/mol. The number of hydrogen-bond acceptors (Lipinski definition) is 4. The molecule has 2 heterocycles. The van der Waals surface area contributed by atoms with E-state index in [0.717, 1.165) is 23.9 Å². The highest BCUT2D eigenvalue weighted by atomic mass is 79.9. The van der Waals surface area contributed by atoms with Crippen molar-refractivity contribution in [1.82, 2.24) is 9.62 Å². The molecular formula is C11H17BrN2O2S2. The van der Waals surface area contributed by atoms with Crippen molar-refractivity contribution in [2.24, 2.45) is 0 Å². The number of nitrogens with one attached hydrogen (secondary N) is 1. The van der Waals surface area contributed by atoms with Crippen molar-refractivity contribution in [3.05, 3.63) is 20.8 Å². The lowest BCUT2D eigenvalue weighted by molar-refractivity contribution is 0.290. The van der Waals surface area contributed by atoms with Crippen LogP contribution in [0.25, 0.3) is 0 Å². The molecule has 4 nitrogen and oxygen atoms in total. The second-order valence-electron chi connectivity index (χ2n) is 4.55. The molecule has 1 fully saturated rings. The van der Waals surface area contributed by atoms with Crippen LogP contribution in [0.2, 0.25) is 0 Å². The molecule has 0 spiro atoms. The predicted molar refractivity (Wildman–Crippen MR) is 78.3 cm³/mol. The van der Waals surface area contributed by atoms with Gasteiger partial charge in [0.25, 0.3) is 0 Å². The number of thiophene rings is 1. The van der Waals surface area contributed by atoms with Crippen LogP contribution in [0.5, 0.6) is 0 Å². The molecule has 0 unspecified atom stereocenters. The van der Waals surface area contributed by atoms with E-state index in [1.165, 1.54) is 11.1 Å². The SMILES string of the molecule is CS(=O)(=O)N1CCC(NCc2cc(Br)cs2)CC1. The van der Waals surface area contributed by atoms with Crippen molar-refractivity contribution in [2.75, 3.05) is 19.3 Å². The minimum absolute atomic E-state index is 0.420. The molecule has 0 aromatic carbocycles. The van der Waals surface area contributed by atoms with Crippen molar-refractivity contribution in [1.29, 1.82) is 0 Å². The standard InChI is InChI=1S/C11H17BrN2O2S2/c1-18(15,16)14-4-2-10(3-5-14)13-7-11-6-9(12)8-17-11/h6,8,10,13H,2-5,7H2,1H3. The number of halogens is 1. The van der Waals surface area contributed by atoms with Gasteiger partial charge in [-0.15, -0.1) is 11.3 Å². The topological polar surface area (TPSA) is 49.4 Å². The highest BCUT2D eigenvalue weighted by Crippen LogP contribution is 2.20. The first kappa shape index (κ1) is 14.5. The Hall–Kier alpha value is 0.0500. The minimum atomic E-state index is -3.01. The van der Waals surface area contributed by atoms with Crippen LogP contribution >= 0.6 is 27.3 Å². The van der Waals surface area contributed by atoms with Gasteiger partial charge in [-0.05, 0) is 34.8 Å². The Labute approximate surface area is 121 Å². The summed E-state index contributed by atoms with van der Waals surface area (Å²) in [4.78, 5) is 1.30. The van der Waals surface area contributed by atoms with E-state index >= 15 is 0 Å². The summed E-state index contributed by atoms with van der Waals surface area (Å²) in [5.74, 6) is 0. The van der Waals surface area contributed by atoms with Gasteiger partial charge in [-0.25, -0.2) is 12.7 Å². The molecular weight excluding hydrogens is 336 g/mol. The van der Waals surface area contributed by atoms with E-state index in [2.05, 4.69) is 32.7 Å². The number of nitrogens with zero attached hydrogens (tertiary/aromatic N) is 1. The fourth-order valence-corrected chi connectivity index (χ4v) is 4.36. The second-order valence-corrected chi connectivity index (χ2v) is 8.44. The molecule has 0 bridgehead atoms. The molecule has 7 heteroatoms. The van der Waals surface area contributed by atoms with Gasteiger partial charge < -0.3 is 5.32 Å². The van der Waals surface area contributed by atoms with Gasteiger partial charge in [0, 0.05) is 40.4 Å². The van der Waals surface area contributed by atoms with Crippen molar-refractivity contribution >= 4 is 37.3 Å². The molecule has 18 heavy (non-hydrogen) atoms. The van der Waals surface area contributed by atoms with E-state index in [-0.39, 0.29) is 0 Å². The summed E-state index contributed by atoms with van der Waals surface area (Å²) in [7, 11) is -3.01. The van der Waals surface area contributed by atoms with Crippen LogP contribution in [0.4, 0.5) is 0 Å². The molecule has 1 aromatic heterocycles. The Bertz CT molecular complexity index is 493. The highest BCUT2D eigenvalue weighted by molar-refractivity contribution is 9.10. The lowest BCUT2D eigenvalue weighted by Gasteiger charge is -2.30. The lowest BCUT2D eigenvalue weighted by Crippen LogP contribution is -2.44. The van der Waals surface area contributed by atoms with E-state index in [4.69, 9.17) is 0 Å². The Morgan fingerprint density at radius 3 is 2.67 bits per heavy atom. The zero-order valence-corrected chi connectivity index (χ0v) is 13.4. The molecule has 0 radical (unpaired) electrons. The van der Waals surface area contributed by atoms with Gasteiger partial charge in [-0.2, -0.15) is 0 Å². The average Bonchev–Trinajstić information content (AvgIpc) is 2.72. The summed E-state index contributed by atoms with van der Waals surface area (Å²) in [5.41, 5.74) is 0. The largest absolute Gasteiger partial charge is 0.309 e. The van der Waals surface area contributed by atoms with Gasteiger partial charge in [0.15, 0.2) is 0 Å². The van der Waals surface area contributed by atoms with Gasteiger partial charge in [-0.3, -0.25) is 0 Å². The molecule has 1 saturated heterocycles. The molecule has 1 aliphatic heterocycles. The zero-order chi connectivity index (χ0) is 13.2. The Morgan fingerprint density at radius 1 is 1.50 bits per heavy atom. The Morgan fingerprint density at radius 2 is 2.17 bits per heavy atom. The van der Waals surface area contributed by atoms with Crippen molar-refractivity contribution in [3.63, 3.8) is 0 Å². The number of rotatable bonds is 4. The van der Waals surface area contributed by atoms with Crippen molar-refractivity contribution in [2.45, 2.75) is 25.4 Å². The normalized spacial score (nSPS) is 19.2. The monoisotopic (exact) mass is 352 g/mol. The fourth-order valence-electron chi connectivity index (χ4n) is 2.08. The van der Waals surface area contributed by atoms with Gasteiger partial charge >= 0.3 is 0 Å². The van der Waals surface area contributed by atoms with E-state index in [1.807, 2.05) is 0 Å². The van der Waals surface area contributed by atoms with Crippen LogP contribution in [0.15, 0.2) is 15.9 Å². The molecule has 0 amide bonds. The third kappa shape index (κ3) is 4.03. The molecule has 102 valence electrons. The summed E-state index contributed by atoms with van der Waals surface area (Å²) >= 11 is 5.16. The summed E-state index contributed by atoms with van der Waals surface area (Å²) in [6.07, 6.45) is 3.06. The van der Waals surface area contributed by atoms with Crippen LogP contribution in [0, 0.1) is 0 Å². The third-order valence-electron chi connectivity index (χ3n) is 3.11. The molecule has 0 saturated carbocycles. The van der Waals surface area contributed by atoms with E-state index in [1.54, 1.807) is 15.6 Å². The summed E-state index contributed by atoms with van der Waals surface area (Å²) in [6, 6.07) is 2.53.